The van der Waals surface area contributed by atoms with Crippen LogP contribution in [0.4, 0.5) is 0 Å². The van der Waals surface area contributed by atoms with Crippen LogP contribution < -0.4 is 0 Å². The minimum absolute atomic E-state index is 0.0536. The Morgan fingerprint density at radius 3 is 2.41 bits per heavy atom. The van der Waals surface area contributed by atoms with Crippen molar-refractivity contribution in [3.05, 3.63) is 11.8 Å². The van der Waals surface area contributed by atoms with E-state index in [1.54, 1.807) is 0 Å². The van der Waals surface area contributed by atoms with E-state index in [-0.39, 0.29) is 5.57 Å². The molecule has 0 spiro atoms. The Kier molecular flexibility index (Phi) is 6.45. The van der Waals surface area contributed by atoms with Gasteiger partial charge in [0.15, 0.2) is 6.29 Å². The number of carbonyl (C=O) groups excluding carboxylic acids is 1. The van der Waals surface area contributed by atoms with Gasteiger partial charge in [0, 0.05) is 5.92 Å². The first-order chi connectivity index (χ1) is 13.6. The number of fused-ring (bicyclic) bond motifs is 1. The standard InChI is InChI=1S/C17H25ClO11/c1-17(25)8-7(10(21)13(17)18)5(14(24)26-2)4-27-15(8)29-16-12(23)11(22)9(20)6(3-19)28-16/h4,6-13,15-16,19-23,25H,3H2,1-2H3. The third-order valence-electron chi connectivity index (χ3n) is 5.81. The van der Waals surface area contributed by atoms with Gasteiger partial charge in [0.25, 0.3) is 0 Å². The van der Waals surface area contributed by atoms with Gasteiger partial charge in [-0.15, -0.1) is 11.6 Å². The minimum Gasteiger partial charge on any atom is -0.471 e. The summed E-state index contributed by atoms with van der Waals surface area (Å²) in [6, 6.07) is 0. The molecular weight excluding hydrogens is 416 g/mol. The molecule has 2 fully saturated rings. The number of aliphatic hydroxyl groups excluding tert-OH is 5. The molecule has 11 atom stereocenters. The summed E-state index contributed by atoms with van der Waals surface area (Å²) in [7, 11) is 1.15. The molecule has 2 heterocycles. The Balaban J connectivity index is 1.90. The van der Waals surface area contributed by atoms with Gasteiger partial charge in [-0.1, -0.05) is 0 Å². The van der Waals surface area contributed by atoms with E-state index in [9.17, 15) is 35.4 Å². The zero-order chi connectivity index (χ0) is 21.7. The van der Waals surface area contributed by atoms with Gasteiger partial charge in [0.2, 0.25) is 6.29 Å². The molecule has 0 amide bonds. The molecule has 0 aromatic heterocycles. The average Bonchev–Trinajstić information content (AvgIpc) is 2.88. The molecule has 11 unspecified atom stereocenters. The molecule has 1 saturated heterocycles. The molecule has 2 aliphatic heterocycles. The largest absolute Gasteiger partial charge is 0.471 e. The minimum atomic E-state index is -1.77. The van der Waals surface area contributed by atoms with Crippen LogP contribution in [-0.2, 0) is 23.7 Å². The monoisotopic (exact) mass is 440 g/mol. The fourth-order valence-corrected chi connectivity index (χ4v) is 4.45. The molecule has 1 aliphatic carbocycles. The van der Waals surface area contributed by atoms with Gasteiger partial charge in [0.05, 0.1) is 48.6 Å². The average molecular weight is 441 g/mol. The van der Waals surface area contributed by atoms with Crippen molar-refractivity contribution < 1.29 is 54.4 Å². The molecule has 1 saturated carbocycles. The topological polar surface area (TPSA) is 175 Å². The maximum atomic E-state index is 12.1. The first-order valence-corrected chi connectivity index (χ1v) is 9.44. The lowest BCUT2D eigenvalue weighted by atomic mass is 9.80. The van der Waals surface area contributed by atoms with E-state index in [2.05, 4.69) is 4.74 Å². The first-order valence-electron chi connectivity index (χ1n) is 9.00. The molecule has 11 nitrogen and oxygen atoms in total. The summed E-state index contributed by atoms with van der Waals surface area (Å²) in [5, 5.41) is 59.5. The van der Waals surface area contributed by atoms with E-state index in [1.807, 2.05) is 0 Å². The Morgan fingerprint density at radius 1 is 1.17 bits per heavy atom. The maximum absolute atomic E-state index is 12.1. The maximum Gasteiger partial charge on any atom is 0.337 e. The van der Waals surface area contributed by atoms with Gasteiger partial charge in [0.1, 0.15) is 24.4 Å². The van der Waals surface area contributed by atoms with Crippen LogP contribution in [0, 0.1) is 11.8 Å². The van der Waals surface area contributed by atoms with Crippen molar-refractivity contribution in [2.75, 3.05) is 13.7 Å². The summed E-state index contributed by atoms with van der Waals surface area (Å²) in [6.45, 7) is 0.681. The van der Waals surface area contributed by atoms with Crippen LogP contribution in [0.3, 0.4) is 0 Å². The fourth-order valence-electron chi connectivity index (χ4n) is 4.14. The molecule has 3 rings (SSSR count). The smallest absolute Gasteiger partial charge is 0.337 e. The molecular formula is C17H25ClO11. The highest BCUT2D eigenvalue weighted by molar-refractivity contribution is 6.22. The predicted octanol–water partition coefficient (Wildman–Crippen LogP) is -2.82. The second-order valence-electron chi connectivity index (χ2n) is 7.57. The summed E-state index contributed by atoms with van der Waals surface area (Å²) in [5.41, 5.74) is -1.82. The van der Waals surface area contributed by atoms with Crippen LogP contribution in [0.2, 0.25) is 0 Å². The van der Waals surface area contributed by atoms with Gasteiger partial charge >= 0.3 is 5.97 Å². The number of carbonyl (C=O) groups is 1. The van der Waals surface area contributed by atoms with Crippen molar-refractivity contribution >= 4 is 17.6 Å². The number of hydrogen-bond donors (Lipinski definition) is 6. The summed E-state index contributed by atoms with van der Waals surface area (Å²) in [5.74, 6) is -2.87. The number of methoxy groups -OCH3 is 1. The number of esters is 1. The molecule has 6 N–H and O–H groups in total. The van der Waals surface area contributed by atoms with Gasteiger partial charge in [-0.2, -0.15) is 0 Å². The molecule has 29 heavy (non-hydrogen) atoms. The third-order valence-corrected chi connectivity index (χ3v) is 6.51. The van der Waals surface area contributed by atoms with E-state index in [1.165, 1.54) is 6.92 Å². The number of ether oxygens (including phenoxy) is 4. The Morgan fingerprint density at radius 2 is 1.83 bits per heavy atom. The van der Waals surface area contributed by atoms with Crippen molar-refractivity contribution in [2.24, 2.45) is 11.8 Å². The van der Waals surface area contributed by atoms with E-state index in [0.29, 0.717) is 0 Å². The Bertz CT molecular complexity index is 653. The predicted molar refractivity (Wildman–Crippen MR) is 93.1 cm³/mol. The van der Waals surface area contributed by atoms with Crippen LogP contribution >= 0.6 is 11.6 Å². The quantitative estimate of drug-likeness (QED) is 0.196. The number of alkyl halides is 1. The second-order valence-corrected chi connectivity index (χ2v) is 8.04. The molecule has 0 aromatic rings. The van der Waals surface area contributed by atoms with Crippen molar-refractivity contribution in [1.29, 1.82) is 0 Å². The molecule has 0 bridgehead atoms. The zero-order valence-corrected chi connectivity index (χ0v) is 16.4. The van der Waals surface area contributed by atoms with Gasteiger partial charge in [-0.05, 0) is 6.92 Å². The highest BCUT2D eigenvalue weighted by Gasteiger charge is 2.64. The normalized spacial score (nSPS) is 49.8. The molecule has 0 aromatic carbocycles. The van der Waals surface area contributed by atoms with Crippen molar-refractivity contribution in [3.8, 4) is 0 Å². The van der Waals surface area contributed by atoms with Crippen LogP contribution in [-0.4, -0.2) is 104 Å². The first kappa shape index (κ1) is 22.7. The van der Waals surface area contributed by atoms with Crippen molar-refractivity contribution in [1.82, 2.24) is 0 Å². The van der Waals surface area contributed by atoms with Crippen molar-refractivity contribution in [3.63, 3.8) is 0 Å². The zero-order valence-electron chi connectivity index (χ0n) is 15.7. The molecule has 166 valence electrons. The van der Waals surface area contributed by atoms with Crippen molar-refractivity contribution in [2.45, 2.75) is 61.0 Å². The SMILES string of the molecule is COC(=O)C1=COC(OC2OC(CO)C(O)C(O)C2O)C2C1C(O)C(Cl)C2(C)O. The Hall–Kier alpha value is -1.02. The summed E-state index contributed by atoms with van der Waals surface area (Å²) >= 11 is 6.19. The van der Waals surface area contributed by atoms with E-state index < -0.39 is 78.5 Å². The number of aliphatic hydroxyl groups is 6. The van der Waals surface area contributed by atoms with E-state index >= 15 is 0 Å². The molecule has 0 radical (unpaired) electrons. The summed E-state index contributed by atoms with van der Waals surface area (Å²) < 4.78 is 21.0. The van der Waals surface area contributed by atoms with E-state index in [4.69, 9.17) is 25.8 Å². The highest BCUT2D eigenvalue weighted by atomic mass is 35.5. The molecule has 12 heteroatoms. The second kappa shape index (κ2) is 8.25. The lowest BCUT2D eigenvalue weighted by Gasteiger charge is -2.44. The number of hydrogen-bond acceptors (Lipinski definition) is 11. The van der Waals surface area contributed by atoms with Crippen LogP contribution in [0.1, 0.15) is 6.92 Å². The van der Waals surface area contributed by atoms with Crippen LogP contribution in [0.15, 0.2) is 11.8 Å². The van der Waals surface area contributed by atoms with E-state index in [0.717, 1.165) is 13.4 Å². The number of rotatable bonds is 4. The van der Waals surface area contributed by atoms with Crippen LogP contribution in [0.5, 0.6) is 0 Å². The van der Waals surface area contributed by atoms with Crippen LogP contribution in [0.25, 0.3) is 0 Å². The van der Waals surface area contributed by atoms with Gasteiger partial charge in [-0.25, -0.2) is 4.79 Å². The summed E-state index contributed by atoms with van der Waals surface area (Å²) in [4.78, 5) is 12.1. The summed E-state index contributed by atoms with van der Waals surface area (Å²) in [6.07, 6.45) is -9.41. The lowest BCUT2D eigenvalue weighted by Crippen LogP contribution is -2.61. The highest BCUT2D eigenvalue weighted by Crippen LogP contribution is 2.51. The van der Waals surface area contributed by atoms with Gasteiger partial charge < -0.3 is 49.6 Å². The lowest BCUT2D eigenvalue weighted by molar-refractivity contribution is -0.346. The Labute approximate surface area is 171 Å². The fraction of sp³-hybridized carbons (Fsp3) is 0.824. The number of halogens is 1. The van der Waals surface area contributed by atoms with Gasteiger partial charge in [-0.3, -0.25) is 0 Å². The third kappa shape index (κ3) is 3.64. The molecule has 3 aliphatic rings.